The molecule has 4 nitrogen and oxygen atoms in total. The van der Waals surface area contributed by atoms with Gasteiger partial charge in [-0.15, -0.1) is 0 Å². The van der Waals surface area contributed by atoms with Crippen LogP contribution in [0.4, 0.5) is 0 Å². The molecule has 0 bridgehead atoms. The number of aryl methyl sites for hydroxylation is 1. The first-order chi connectivity index (χ1) is 6.15. The molecule has 1 rings (SSSR count). The maximum absolute atomic E-state index is 10.9. The van der Waals surface area contributed by atoms with E-state index in [2.05, 4.69) is 0 Å². The van der Waals surface area contributed by atoms with E-state index >= 15 is 0 Å². The van der Waals surface area contributed by atoms with Gasteiger partial charge in [0.1, 0.15) is 12.4 Å². The highest BCUT2D eigenvalue weighted by atomic mass is 35.5. The topological polar surface area (TPSA) is 46.1 Å². The molecule has 5 heteroatoms. The summed E-state index contributed by atoms with van der Waals surface area (Å²) in [6.07, 6.45) is 6.96. The van der Waals surface area contributed by atoms with Gasteiger partial charge in [0, 0.05) is 0 Å². The monoisotopic (exact) mass is 218 g/mol. The lowest BCUT2D eigenvalue weighted by atomic mass is 10.2. The van der Waals surface area contributed by atoms with Gasteiger partial charge in [-0.2, -0.15) is 0 Å². The smallest absolute Gasteiger partial charge is 0.349 e. The van der Waals surface area contributed by atoms with Crippen molar-refractivity contribution in [2.75, 3.05) is 0 Å². The van der Waals surface area contributed by atoms with Crippen LogP contribution in [0.3, 0.4) is 0 Å². The number of hydrogen-bond acceptors (Lipinski definition) is 1. The average molecular weight is 219 g/mol. The number of hydrogen-bond donors (Lipinski definition) is 1. The van der Waals surface area contributed by atoms with Crippen molar-refractivity contribution in [2.45, 2.75) is 25.8 Å². The standard InChI is InChI=1S/C9H14N2O2.ClH/c1-3-4-8(9(12)13)11-6-5-10(2)7-11;/h5-8H,3-4H2,1-2H3;1H. The molecule has 0 aromatic carbocycles. The van der Waals surface area contributed by atoms with E-state index < -0.39 is 12.0 Å². The van der Waals surface area contributed by atoms with Crippen LogP contribution in [0.1, 0.15) is 25.8 Å². The minimum absolute atomic E-state index is 0. The lowest BCUT2D eigenvalue weighted by Gasteiger charge is -2.06. The van der Waals surface area contributed by atoms with Crippen LogP contribution in [0.2, 0.25) is 0 Å². The van der Waals surface area contributed by atoms with E-state index in [0.29, 0.717) is 6.42 Å². The predicted octanol–water partition coefficient (Wildman–Crippen LogP) is -2.26. The quantitative estimate of drug-likeness (QED) is 0.580. The van der Waals surface area contributed by atoms with Gasteiger partial charge in [-0.3, -0.25) is 0 Å². The molecule has 0 amide bonds. The fraction of sp³-hybridized carbons (Fsp3) is 0.556. The Hall–Kier alpha value is -1.03. The molecule has 0 fully saturated rings. The molecule has 0 radical (unpaired) electrons. The average Bonchev–Trinajstić information content (AvgIpc) is 2.46. The summed E-state index contributed by atoms with van der Waals surface area (Å²) < 4.78 is 3.57. The molecule has 1 N–H and O–H groups in total. The summed E-state index contributed by atoms with van der Waals surface area (Å²) in [5, 5.41) is 8.94. The number of aromatic nitrogens is 2. The van der Waals surface area contributed by atoms with Crippen molar-refractivity contribution in [3.05, 3.63) is 18.7 Å². The number of carbonyl (C=O) groups is 1. The van der Waals surface area contributed by atoms with E-state index in [-0.39, 0.29) is 12.4 Å². The van der Waals surface area contributed by atoms with Crippen LogP contribution in [-0.2, 0) is 11.8 Å². The number of carboxylic acid groups (broad SMARTS) is 1. The third kappa shape index (κ3) is 3.03. The SMILES string of the molecule is CCCC(C(=O)O)n1cc[n+](C)c1.[Cl-]. The molecule has 1 aromatic heterocycles. The van der Waals surface area contributed by atoms with E-state index in [9.17, 15) is 4.79 Å². The summed E-state index contributed by atoms with van der Waals surface area (Å²) in [5.74, 6) is -0.766. The molecule has 1 unspecified atom stereocenters. The van der Waals surface area contributed by atoms with Crippen molar-refractivity contribution in [3.63, 3.8) is 0 Å². The molecular weight excluding hydrogens is 204 g/mol. The van der Waals surface area contributed by atoms with Gasteiger partial charge >= 0.3 is 5.97 Å². The van der Waals surface area contributed by atoms with Crippen molar-refractivity contribution >= 4 is 5.97 Å². The molecule has 14 heavy (non-hydrogen) atoms. The normalized spacial score (nSPS) is 11.9. The highest BCUT2D eigenvalue weighted by molar-refractivity contribution is 5.71. The summed E-state index contributed by atoms with van der Waals surface area (Å²) in [6.45, 7) is 1.99. The van der Waals surface area contributed by atoms with Crippen molar-refractivity contribution in [1.29, 1.82) is 0 Å². The summed E-state index contributed by atoms with van der Waals surface area (Å²) in [4.78, 5) is 10.9. The molecule has 80 valence electrons. The van der Waals surface area contributed by atoms with E-state index in [1.54, 1.807) is 17.1 Å². The van der Waals surface area contributed by atoms with Gasteiger partial charge < -0.3 is 17.5 Å². The van der Waals surface area contributed by atoms with Crippen molar-refractivity contribution in [1.82, 2.24) is 4.57 Å². The summed E-state index contributed by atoms with van der Waals surface area (Å²) in [7, 11) is 1.88. The van der Waals surface area contributed by atoms with E-state index in [1.807, 2.05) is 24.7 Å². The second-order valence-corrected chi connectivity index (χ2v) is 3.17. The molecule has 0 saturated carbocycles. The number of nitrogens with zero attached hydrogens (tertiary/aromatic N) is 2. The maximum Gasteiger partial charge on any atom is 0.349 e. The van der Waals surface area contributed by atoms with Crippen LogP contribution in [0.5, 0.6) is 0 Å². The van der Waals surface area contributed by atoms with Crippen LogP contribution in [-0.4, -0.2) is 15.6 Å². The minimum atomic E-state index is -0.766. The third-order valence-corrected chi connectivity index (χ3v) is 2.00. The second kappa shape index (κ2) is 5.65. The first kappa shape index (κ1) is 13.0. The Kier molecular flexibility index (Phi) is 5.23. The Bertz CT molecular complexity index is 299. The van der Waals surface area contributed by atoms with Crippen molar-refractivity contribution in [3.8, 4) is 0 Å². The number of aliphatic carboxylic acids is 1. The number of halogens is 1. The maximum atomic E-state index is 10.9. The van der Waals surface area contributed by atoms with E-state index in [0.717, 1.165) is 6.42 Å². The number of rotatable bonds is 4. The summed E-state index contributed by atoms with van der Waals surface area (Å²) >= 11 is 0. The minimum Gasteiger partial charge on any atom is -1.00 e. The van der Waals surface area contributed by atoms with Gasteiger partial charge in [-0.25, -0.2) is 13.9 Å². The Labute approximate surface area is 89.6 Å². The van der Waals surface area contributed by atoms with Gasteiger partial charge in [-0.05, 0) is 6.42 Å². The Morgan fingerprint density at radius 3 is 2.64 bits per heavy atom. The van der Waals surface area contributed by atoms with Crippen LogP contribution in [0.25, 0.3) is 0 Å². The van der Waals surface area contributed by atoms with E-state index in [1.165, 1.54) is 0 Å². The van der Waals surface area contributed by atoms with Gasteiger partial charge in [0.15, 0.2) is 6.04 Å². The van der Waals surface area contributed by atoms with E-state index in [4.69, 9.17) is 5.11 Å². The second-order valence-electron chi connectivity index (χ2n) is 3.17. The fourth-order valence-electron chi connectivity index (χ4n) is 1.33. The van der Waals surface area contributed by atoms with Gasteiger partial charge in [-0.1, -0.05) is 13.3 Å². The summed E-state index contributed by atoms with van der Waals surface area (Å²) in [6, 6.07) is -0.425. The molecule has 1 heterocycles. The Balaban J connectivity index is 0.00000169. The Morgan fingerprint density at radius 2 is 2.29 bits per heavy atom. The summed E-state index contributed by atoms with van der Waals surface area (Å²) in [5.41, 5.74) is 0. The predicted molar refractivity (Wildman–Crippen MR) is 47.2 cm³/mol. The van der Waals surface area contributed by atoms with Crippen LogP contribution in [0, 0.1) is 0 Å². The first-order valence-corrected chi connectivity index (χ1v) is 4.40. The Morgan fingerprint density at radius 1 is 1.64 bits per heavy atom. The molecule has 0 saturated heterocycles. The lowest BCUT2D eigenvalue weighted by molar-refractivity contribution is -0.671. The highest BCUT2D eigenvalue weighted by Gasteiger charge is 2.22. The molecule has 0 aliphatic carbocycles. The lowest BCUT2D eigenvalue weighted by Crippen LogP contribution is -3.00. The molecular formula is C9H15ClN2O2. The van der Waals surface area contributed by atoms with Crippen LogP contribution in [0.15, 0.2) is 18.7 Å². The molecule has 0 aliphatic heterocycles. The zero-order valence-corrected chi connectivity index (χ0v) is 9.11. The van der Waals surface area contributed by atoms with Crippen molar-refractivity contribution in [2.24, 2.45) is 7.05 Å². The first-order valence-electron chi connectivity index (χ1n) is 4.40. The number of imidazole rings is 1. The van der Waals surface area contributed by atoms with Gasteiger partial charge in [0.25, 0.3) is 0 Å². The third-order valence-electron chi connectivity index (χ3n) is 2.00. The fourth-order valence-corrected chi connectivity index (χ4v) is 1.33. The largest absolute Gasteiger partial charge is 1.00 e. The van der Waals surface area contributed by atoms with Crippen LogP contribution < -0.4 is 17.0 Å². The number of carboxylic acids is 1. The molecule has 1 atom stereocenters. The zero-order chi connectivity index (χ0) is 9.84. The molecule has 1 aromatic rings. The molecule has 0 aliphatic rings. The van der Waals surface area contributed by atoms with Crippen molar-refractivity contribution < 1.29 is 26.9 Å². The highest BCUT2D eigenvalue weighted by Crippen LogP contribution is 2.12. The van der Waals surface area contributed by atoms with Gasteiger partial charge in [0.05, 0.1) is 7.05 Å². The zero-order valence-electron chi connectivity index (χ0n) is 8.35. The van der Waals surface area contributed by atoms with Crippen LogP contribution >= 0.6 is 0 Å². The molecule has 0 spiro atoms. The van der Waals surface area contributed by atoms with Gasteiger partial charge in [0.2, 0.25) is 6.33 Å².